The molecule has 0 fully saturated rings. The number of anilines is 1. The van der Waals surface area contributed by atoms with Crippen LogP contribution in [0, 0.1) is 5.92 Å². The lowest BCUT2D eigenvalue weighted by molar-refractivity contribution is -0.116. The zero-order valence-electron chi connectivity index (χ0n) is 10.1. The van der Waals surface area contributed by atoms with E-state index in [1.54, 1.807) is 0 Å². The third-order valence-electron chi connectivity index (χ3n) is 2.56. The van der Waals surface area contributed by atoms with Crippen LogP contribution in [0.25, 0.3) is 0 Å². The average Bonchev–Trinajstić information content (AvgIpc) is 2.25. The number of halogens is 3. The van der Waals surface area contributed by atoms with Gasteiger partial charge in [0.05, 0.1) is 20.8 Å². The monoisotopic (exact) mass is 308 g/mol. The zero-order valence-corrected chi connectivity index (χ0v) is 12.4. The molecule has 0 aromatic heterocycles. The number of hydrogen-bond donors (Lipinski definition) is 2. The van der Waals surface area contributed by atoms with Gasteiger partial charge >= 0.3 is 0 Å². The van der Waals surface area contributed by atoms with Gasteiger partial charge in [0, 0.05) is 12.5 Å². The molecule has 1 rings (SSSR count). The van der Waals surface area contributed by atoms with E-state index < -0.39 is 0 Å². The van der Waals surface area contributed by atoms with Crippen molar-refractivity contribution in [2.75, 3.05) is 5.32 Å². The lowest BCUT2D eigenvalue weighted by Crippen LogP contribution is -2.31. The fraction of sp³-hybridized carbons (Fsp3) is 0.417. The minimum Gasteiger partial charge on any atom is -0.327 e. The van der Waals surface area contributed by atoms with E-state index in [1.165, 1.54) is 12.1 Å². The Morgan fingerprint density at radius 1 is 1.22 bits per heavy atom. The van der Waals surface area contributed by atoms with Crippen LogP contribution in [-0.4, -0.2) is 11.9 Å². The Morgan fingerprint density at radius 2 is 1.78 bits per heavy atom. The van der Waals surface area contributed by atoms with E-state index in [9.17, 15) is 4.79 Å². The first-order valence-corrected chi connectivity index (χ1v) is 6.64. The molecule has 6 heteroatoms. The Bertz CT molecular complexity index is 449. The molecule has 0 aliphatic carbocycles. The third-order valence-corrected chi connectivity index (χ3v) is 3.60. The van der Waals surface area contributed by atoms with E-state index in [4.69, 9.17) is 40.5 Å². The molecule has 1 aromatic carbocycles. The minimum atomic E-state index is -0.198. The highest BCUT2D eigenvalue weighted by atomic mass is 35.5. The van der Waals surface area contributed by atoms with Crippen LogP contribution in [-0.2, 0) is 4.79 Å². The molecule has 0 aliphatic rings. The van der Waals surface area contributed by atoms with E-state index in [-0.39, 0.29) is 24.3 Å². The van der Waals surface area contributed by atoms with Gasteiger partial charge in [-0.25, -0.2) is 0 Å². The van der Waals surface area contributed by atoms with Crippen molar-refractivity contribution in [3.63, 3.8) is 0 Å². The van der Waals surface area contributed by atoms with Gasteiger partial charge in [0.15, 0.2) is 0 Å². The van der Waals surface area contributed by atoms with Crippen LogP contribution in [0.4, 0.5) is 5.69 Å². The summed E-state index contributed by atoms with van der Waals surface area (Å²) in [5.74, 6) is 0.0384. The van der Waals surface area contributed by atoms with Crippen LogP contribution in [0.1, 0.15) is 20.3 Å². The average molecular weight is 310 g/mol. The van der Waals surface area contributed by atoms with Crippen molar-refractivity contribution < 1.29 is 4.79 Å². The molecular formula is C12H15Cl3N2O. The summed E-state index contributed by atoms with van der Waals surface area (Å²) < 4.78 is 0. The van der Waals surface area contributed by atoms with Gasteiger partial charge in [0.1, 0.15) is 0 Å². The maximum atomic E-state index is 11.7. The molecule has 0 heterocycles. The molecule has 18 heavy (non-hydrogen) atoms. The van der Waals surface area contributed by atoms with E-state index in [2.05, 4.69) is 5.32 Å². The second kappa shape index (κ2) is 6.62. The first kappa shape index (κ1) is 15.6. The largest absolute Gasteiger partial charge is 0.327 e. The molecule has 100 valence electrons. The molecule has 0 bridgehead atoms. The van der Waals surface area contributed by atoms with Gasteiger partial charge in [0.2, 0.25) is 5.91 Å². The number of rotatable bonds is 4. The number of carbonyl (C=O) groups is 1. The van der Waals surface area contributed by atoms with Crippen LogP contribution in [0.3, 0.4) is 0 Å². The molecule has 3 nitrogen and oxygen atoms in total. The van der Waals surface area contributed by atoms with E-state index in [1.807, 2.05) is 13.8 Å². The summed E-state index contributed by atoms with van der Waals surface area (Å²) in [4.78, 5) is 11.7. The first-order valence-electron chi connectivity index (χ1n) is 5.51. The molecule has 0 saturated heterocycles. The predicted molar refractivity (Wildman–Crippen MR) is 77.5 cm³/mol. The van der Waals surface area contributed by atoms with Crippen LogP contribution >= 0.6 is 34.8 Å². The molecule has 1 aromatic rings. The predicted octanol–water partition coefficient (Wildman–Crippen LogP) is 3.96. The fourth-order valence-corrected chi connectivity index (χ4v) is 1.86. The van der Waals surface area contributed by atoms with E-state index in [0.717, 1.165) is 0 Å². The van der Waals surface area contributed by atoms with Gasteiger partial charge in [-0.1, -0.05) is 48.7 Å². The van der Waals surface area contributed by atoms with Crippen molar-refractivity contribution in [2.24, 2.45) is 11.7 Å². The van der Waals surface area contributed by atoms with E-state index >= 15 is 0 Å². The number of amides is 1. The summed E-state index contributed by atoms with van der Waals surface area (Å²) in [5.41, 5.74) is 6.26. The van der Waals surface area contributed by atoms with Gasteiger partial charge in [0.25, 0.3) is 0 Å². The number of carbonyl (C=O) groups excluding carboxylic acids is 1. The molecule has 1 unspecified atom stereocenters. The fourth-order valence-electron chi connectivity index (χ4n) is 1.27. The maximum Gasteiger partial charge on any atom is 0.225 e. The number of benzene rings is 1. The summed E-state index contributed by atoms with van der Waals surface area (Å²) in [6.45, 7) is 3.92. The second-order valence-corrected chi connectivity index (χ2v) is 5.63. The third kappa shape index (κ3) is 4.32. The number of nitrogens with one attached hydrogen (secondary N) is 1. The van der Waals surface area contributed by atoms with Crippen LogP contribution < -0.4 is 11.1 Å². The highest BCUT2D eigenvalue weighted by molar-refractivity contribution is 6.44. The van der Waals surface area contributed by atoms with Crippen molar-refractivity contribution in [1.82, 2.24) is 0 Å². The lowest BCUT2D eigenvalue weighted by Gasteiger charge is -2.15. The van der Waals surface area contributed by atoms with Crippen molar-refractivity contribution in [2.45, 2.75) is 26.3 Å². The van der Waals surface area contributed by atoms with Gasteiger partial charge in [-0.2, -0.15) is 0 Å². The summed E-state index contributed by atoms with van der Waals surface area (Å²) in [7, 11) is 0. The Hall–Kier alpha value is -0.480. The van der Waals surface area contributed by atoms with Gasteiger partial charge < -0.3 is 11.1 Å². The van der Waals surface area contributed by atoms with Crippen LogP contribution in [0.2, 0.25) is 15.1 Å². The maximum absolute atomic E-state index is 11.7. The summed E-state index contributed by atoms with van der Waals surface area (Å²) in [6, 6.07) is 2.82. The minimum absolute atomic E-state index is 0.188. The van der Waals surface area contributed by atoms with Crippen molar-refractivity contribution in [3.8, 4) is 0 Å². The number of nitrogens with two attached hydrogens (primary N) is 1. The smallest absolute Gasteiger partial charge is 0.225 e. The molecule has 0 saturated carbocycles. The highest BCUT2D eigenvalue weighted by Crippen LogP contribution is 2.32. The van der Waals surface area contributed by atoms with Gasteiger partial charge in [-0.15, -0.1) is 0 Å². The highest BCUT2D eigenvalue weighted by Gasteiger charge is 2.14. The molecular weight excluding hydrogens is 295 g/mol. The standard InChI is InChI=1S/C12H15Cl3N2O/c1-6(2)10(16)5-12(18)17-11-4-8(14)7(13)3-9(11)15/h3-4,6,10H,5,16H2,1-2H3,(H,17,18). The first-order chi connectivity index (χ1) is 8.31. The summed E-state index contributed by atoms with van der Waals surface area (Å²) in [6.07, 6.45) is 0.230. The zero-order chi connectivity index (χ0) is 13.9. The van der Waals surface area contributed by atoms with Crippen LogP contribution in [0.5, 0.6) is 0 Å². The quantitative estimate of drug-likeness (QED) is 0.827. The van der Waals surface area contributed by atoms with Crippen molar-refractivity contribution in [1.29, 1.82) is 0 Å². The Balaban J connectivity index is 2.73. The molecule has 0 radical (unpaired) electrons. The summed E-state index contributed by atoms with van der Waals surface area (Å²) in [5, 5.41) is 3.70. The van der Waals surface area contributed by atoms with Gasteiger partial charge in [-0.05, 0) is 18.1 Å². The number of hydrogen-bond acceptors (Lipinski definition) is 2. The topological polar surface area (TPSA) is 55.1 Å². The Morgan fingerprint density at radius 3 is 2.33 bits per heavy atom. The summed E-state index contributed by atoms with van der Waals surface area (Å²) >= 11 is 17.6. The molecule has 0 spiro atoms. The molecule has 3 N–H and O–H groups in total. The SMILES string of the molecule is CC(C)C(N)CC(=O)Nc1cc(Cl)c(Cl)cc1Cl. The van der Waals surface area contributed by atoms with E-state index in [0.29, 0.717) is 20.8 Å². The van der Waals surface area contributed by atoms with Crippen LogP contribution in [0.15, 0.2) is 12.1 Å². The Kier molecular flexibility index (Phi) is 5.73. The second-order valence-electron chi connectivity index (χ2n) is 4.41. The van der Waals surface area contributed by atoms with Crippen molar-refractivity contribution in [3.05, 3.63) is 27.2 Å². The van der Waals surface area contributed by atoms with Gasteiger partial charge in [-0.3, -0.25) is 4.79 Å². The lowest BCUT2D eigenvalue weighted by atomic mass is 10.0. The Labute approximate surface area is 122 Å². The molecule has 1 amide bonds. The normalized spacial score (nSPS) is 12.6. The molecule has 0 aliphatic heterocycles. The van der Waals surface area contributed by atoms with Crippen molar-refractivity contribution >= 4 is 46.4 Å². The molecule has 1 atom stereocenters.